The van der Waals surface area contributed by atoms with Crippen molar-refractivity contribution in [2.24, 2.45) is 0 Å². The van der Waals surface area contributed by atoms with E-state index in [0.29, 0.717) is 0 Å². The van der Waals surface area contributed by atoms with Crippen molar-refractivity contribution < 1.29 is 18.3 Å². The summed E-state index contributed by atoms with van der Waals surface area (Å²) in [7, 11) is 0. The first-order valence-corrected chi connectivity index (χ1v) is 5.35. The van der Waals surface area contributed by atoms with Crippen LogP contribution < -0.4 is 4.74 Å². The Hall–Kier alpha value is -1.97. The molecule has 0 atom stereocenters. The summed E-state index contributed by atoms with van der Waals surface area (Å²) in [6, 6.07) is 19.5. The van der Waals surface area contributed by atoms with Gasteiger partial charge in [0.15, 0.2) is 0 Å². The molecule has 0 bridgehead atoms. The summed E-state index contributed by atoms with van der Waals surface area (Å²) in [6.07, 6.45) is 0. The van der Waals surface area contributed by atoms with Crippen LogP contribution in [-0.4, -0.2) is 6.67 Å². The number of halogens is 3. The molecule has 0 aliphatic carbocycles. The molecule has 2 aromatic carbocycles. The standard InChI is InChI=1S/C12H10O.C2H5F.F2/c1-3-7-11(8-4-1)13-12-9-5-2-6-10-12;1-2-3;1-2/h1-10H;2H2,1H3;. The molecule has 2 rings (SSSR count). The lowest BCUT2D eigenvalue weighted by molar-refractivity contribution is 0.108. The number of alkyl halides is 1. The fraction of sp³-hybridized carbons (Fsp3) is 0.143. The van der Waals surface area contributed by atoms with Gasteiger partial charge in [-0.1, -0.05) is 36.4 Å². The molecule has 2 aromatic rings. The summed E-state index contributed by atoms with van der Waals surface area (Å²) >= 11 is 0. The Labute approximate surface area is 105 Å². The first-order valence-electron chi connectivity index (χ1n) is 5.35. The molecule has 0 saturated heterocycles. The predicted molar refractivity (Wildman–Crippen MR) is 66.8 cm³/mol. The quantitative estimate of drug-likeness (QED) is 0.708. The summed E-state index contributed by atoms with van der Waals surface area (Å²) in [5.74, 6) is 1.74. The van der Waals surface area contributed by atoms with Crippen LogP contribution in [0.5, 0.6) is 11.5 Å². The Balaban J connectivity index is 0.000000509. The monoisotopic (exact) mass is 256 g/mol. The summed E-state index contributed by atoms with van der Waals surface area (Å²) in [5, 5.41) is 0. The molecule has 0 N–H and O–H groups in total. The lowest BCUT2D eigenvalue weighted by Crippen LogP contribution is -1.81. The van der Waals surface area contributed by atoms with Crippen molar-refractivity contribution in [3.05, 3.63) is 60.7 Å². The van der Waals surface area contributed by atoms with Gasteiger partial charge in [0.25, 0.3) is 0 Å². The number of rotatable bonds is 2. The smallest absolute Gasteiger partial charge is 0.127 e. The van der Waals surface area contributed by atoms with Gasteiger partial charge in [0, 0.05) is 9.15 Å². The van der Waals surface area contributed by atoms with Gasteiger partial charge < -0.3 is 4.74 Å². The van der Waals surface area contributed by atoms with E-state index in [1.54, 1.807) is 0 Å². The van der Waals surface area contributed by atoms with Gasteiger partial charge in [-0.25, -0.2) is 0 Å². The lowest BCUT2D eigenvalue weighted by atomic mass is 10.3. The third-order valence-corrected chi connectivity index (χ3v) is 1.72. The van der Waals surface area contributed by atoms with Crippen molar-refractivity contribution in [3.63, 3.8) is 0 Å². The van der Waals surface area contributed by atoms with Crippen LogP contribution in [0.3, 0.4) is 0 Å². The minimum Gasteiger partial charge on any atom is -0.457 e. The highest BCUT2D eigenvalue weighted by Gasteiger charge is 1.92. The van der Waals surface area contributed by atoms with Crippen LogP contribution in [0.15, 0.2) is 60.7 Å². The first-order chi connectivity index (χ1) is 8.86. The Morgan fingerprint density at radius 3 is 1.33 bits per heavy atom. The number of hydrogen-bond acceptors (Lipinski definition) is 1. The Kier molecular flexibility index (Phi) is 10.3. The molecule has 0 aliphatic heterocycles. The fourth-order valence-electron chi connectivity index (χ4n) is 1.11. The van der Waals surface area contributed by atoms with Crippen LogP contribution in [0, 0.1) is 0 Å². The normalized spacial score (nSPS) is 8.22. The maximum Gasteiger partial charge on any atom is 0.127 e. The lowest BCUT2D eigenvalue weighted by Gasteiger charge is -2.03. The molecule has 0 heterocycles. The van der Waals surface area contributed by atoms with Gasteiger partial charge in [-0.05, 0) is 31.2 Å². The van der Waals surface area contributed by atoms with Crippen LogP contribution in [0.1, 0.15) is 6.92 Å². The summed E-state index contributed by atoms with van der Waals surface area (Å²) in [6.45, 7) is 1.21. The van der Waals surface area contributed by atoms with E-state index in [9.17, 15) is 4.39 Å². The topological polar surface area (TPSA) is 9.23 Å². The number of hydrogen-bond donors (Lipinski definition) is 0. The van der Waals surface area contributed by atoms with Gasteiger partial charge in [-0.2, -0.15) is 0 Å². The van der Waals surface area contributed by atoms with E-state index in [0.717, 1.165) is 11.5 Å². The SMILES string of the molecule is CCF.FF.c1ccc(Oc2ccccc2)cc1. The molecule has 0 radical (unpaired) electrons. The van der Waals surface area contributed by atoms with Crippen molar-refractivity contribution >= 4 is 0 Å². The maximum absolute atomic E-state index is 10.3. The van der Waals surface area contributed by atoms with Crippen molar-refractivity contribution in [1.82, 2.24) is 0 Å². The second-order valence-electron chi connectivity index (χ2n) is 3.00. The maximum atomic E-state index is 10.3. The van der Waals surface area contributed by atoms with Crippen molar-refractivity contribution in [1.29, 1.82) is 0 Å². The molecule has 18 heavy (non-hydrogen) atoms. The molecule has 0 saturated carbocycles. The van der Waals surface area contributed by atoms with Gasteiger partial charge in [-0.15, -0.1) is 0 Å². The van der Waals surface area contributed by atoms with E-state index in [1.807, 2.05) is 60.7 Å². The molecule has 1 nitrogen and oxygen atoms in total. The van der Waals surface area contributed by atoms with Crippen LogP contribution in [0.4, 0.5) is 13.5 Å². The van der Waals surface area contributed by atoms with E-state index in [4.69, 9.17) is 13.9 Å². The molecule has 0 spiro atoms. The van der Waals surface area contributed by atoms with Crippen molar-refractivity contribution in [2.45, 2.75) is 6.92 Å². The minimum absolute atomic E-state index is 0.250. The predicted octanol–water partition coefficient (Wildman–Crippen LogP) is 5.30. The highest BCUT2D eigenvalue weighted by atomic mass is 20.0. The van der Waals surface area contributed by atoms with Gasteiger partial charge in [-0.3, -0.25) is 4.39 Å². The van der Waals surface area contributed by atoms with Gasteiger partial charge in [0.1, 0.15) is 11.5 Å². The third kappa shape index (κ3) is 7.33. The Bertz CT molecular complexity index is 341. The van der Waals surface area contributed by atoms with Crippen LogP contribution in [0.25, 0.3) is 0 Å². The molecule has 0 amide bonds. The number of para-hydroxylation sites is 2. The van der Waals surface area contributed by atoms with Crippen LogP contribution in [-0.2, 0) is 0 Å². The largest absolute Gasteiger partial charge is 0.457 e. The summed E-state index contributed by atoms with van der Waals surface area (Å²) in [4.78, 5) is 0. The average Bonchev–Trinajstić information content (AvgIpc) is 2.44. The van der Waals surface area contributed by atoms with Gasteiger partial charge in [0.2, 0.25) is 0 Å². The molecule has 0 unspecified atom stereocenters. The highest BCUT2D eigenvalue weighted by molar-refractivity contribution is 5.30. The second-order valence-corrected chi connectivity index (χ2v) is 3.00. The first kappa shape index (κ1) is 16.0. The molecular weight excluding hydrogens is 241 g/mol. The Morgan fingerprint density at radius 1 is 0.778 bits per heavy atom. The molecule has 98 valence electrons. The third-order valence-electron chi connectivity index (χ3n) is 1.72. The molecular formula is C14H15F3O. The van der Waals surface area contributed by atoms with E-state index in [1.165, 1.54) is 6.92 Å². The molecule has 0 fully saturated rings. The van der Waals surface area contributed by atoms with Gasteiger partial charge >= 0.3 is 0 Å². The summed E-state index contributed by atoms with van der Waals surface area (Å²) in [5.41, 5.74) is 0. The minimum atomic E-state index is -0.250. The zero-order valence-electron chi connectivity index (χ0n) is 10.0. The van der Waals surface area contributed by atoms with Crippen molar-refractivity contribution in [2.75, 3.05) is 6.67 Å². The average molecular weight is 256 g/mol. The second kappa shape index (κ2) is 11.5. The molecule has 4 heteroatoms. The zero-order valence-corrected chi connectivity index (χ0v) is 10.0. The molecule has 0 aromatic heterocycles. The van der Waals surface area contributed by atoms with Gasteiger partial charge in [0.05, 0.1) is 6.67 Å². The number of benzene rings is 2. The van der Waals surface area contributed by atoms with Crippen LogP contribution >= 0.6 is 0 Å². The Morgan fingerprint density at radius 2 is 1.06 bits per heavy atom. The molecule has 0 aliphatic rings. The highest BCUT2D eigenvalue weighted by Crippen LogP contribution is 2.19. The van der Waals surface area contributed by atoms with Crippen molar-refractivity contribution in [3.8, 4) is 11.5 Å². The number of ether oxygens (including phenoxy) is 1. The van der Waals surface area contributed by atoms with E-state index < -0.39 is 0 Å². The van der Waals surface area contributed by atoms with E-state index in [-0.39, 0.29) is 6.67 Å². The van der Waals surface area contributed by atoms with E-state index in [2.05, 4.69) is 0 Å². The fourth-order valence-corrected chi connectivity index (χ4v) is 1.11. The summed E-state index contributed by atoms with van der Waals surface area (Å²) < 4.78 is 31.9. The zero-order chi connectivity index (χ0) is 13.6. The van der Waals surface area contributed by atoms with Crippen LogP contribution in [0.2, 0.25) is 0 Å². The van der Waals surface area contributed by atoms with E-state index >= 15 is 0 Å².